The SMILES string of the molecule is COc1cc2c(CC(=O)OC(C)C)c(C)n(C(=O)c3ccc(OC(F)(F)F)cc3)c2cc1Cl. The Morgan fingerprint density at radius 2 is 1.76 bits per heavy atom. The van der Waals surface area contributed by atoms with Gasteiger partial charge in [-0.15, -0.1) is 13.2 Å². The smallest absolute Gasteiger partial charge is 0.495 e. The first-order valence-electron chi connectivity index (χ1n) is 9.88. The molecule has 6 nitrogen and oxygen atoms in total. The summed E-state index contributed by atoms with van der Waals surface area (Å²) in [5, 5.41) is 0.821. The topological polar surface area (TPSA) is 66.8 Å². The highest BCUT2D eigenvalue weighted by Gasteiger charge is 2.31. The fourth-order valence-electron chi connectivity index (χ4n) is 3.50. The van der Waals surface area contributed by atoms with Crippen molar-refractivity contribution in [3.05, 3.63) is 58.2 Å². The molecule has 0 aliphatic rings. The van der Waals surface area contributed by atoms with Gasteiger partial charge in [-0.25, -0.2) is 0 Å². The zero-order valence-electron chi connectivity index (χ0n) is 18.2. The maximum absolute atomic E-state index is 13.3. The molecule has 10 heteroatoms. The Labute approximate surface area is 192 Å². The summed E-state index contributed by atoms with van der Waals surface area (Å²) < 4.78 is 53.0. The fraction of sp³-hybridized carbons (Fsp3) is 0.304. The minimum Gasteiger partial charge on any atom is -0.495 e. The molecule has 2 aromatic carbocycles. The number of carbonyl (C=O) groups excluding carboxylic acids is 2. The number of rotatable bonds is 6. The molecule has 0 saturated heterocycles. The quantitative estimate of drug-likeness (QED) is 0.421. The van der Waals surface area contributed by atoms with Crippen molar-refractivity contribution in [1.82, 2.24) is 4.57 Å². The van der Waals surface area contributed by atoms with Gasteiger partial charge in [-0.05, 0) is 62.7 Å². The Balaban J connectivity index is 2.10. The van der Waals surface area contributed by atoms with Crippen molar-refractivity contribution < 1.29 is 37.0 Å². The minimum atomic E-state index is -4.84. The van der Waals surface area contributed by atoms with Crippen LogP contribution in [0.5, 0.6) is 11.5 Å². The maximum atomic E-state index is 13.3. The van der Waals surface area contributed by atoms with Crippen LogP contribution in [0.2, 0.25) is 5.02 Å². The molecule has 176 valence electrons. The van der Waals surface area contributed by atoms with E-state index in [1.807, 2.05) is 0 Å². The third-order valence-electron chi connectivity index (χ3n) is 4.83. The number of benzene rings is 2. The van der Waals surface area contributed by atoms with E-state index in [-0.39, 0.29) is 23.1 Å². The van der Waals surface area contributed by atoms with E-state index in [2.05, 4.69) is 4.74 Å². The molecule has 0 fully saturated rings. The van der Waals surface area contributed by atoms with Crippen LogP contribution < -0.4 is 9.47 Å². The maximum Gasteiger partial charge on any atom is 0.573 e. The number of esters is 1. The van der Waals surface area contributed by atoms with Gasteiger partial charge in [0, 0.05) is 16.6 Å². The second kappa shape index (κ2) is 9.35. The Hall–Kier alpha value is -3.20. The summed E-state index contributed by atoms with van der Waals surface area (Å²) in [4.78, 5) is 25.7. The van der Waals surface area contributed by atoms with Gasteiger partial charge in [0.15, 0.2) is 0 Å². The second-order valence-corrected chi connectivity index (χ2v) is 7.90. The van der Waals surface area contributed by atoms with E-state index in [0.717, 1.165) is 12.1 Å². The molecule has 0 saturated carbocycles. The van der Waals surface area contributed by atoms with Crippen molar-refractivity contribution in [2.45, 2.75) is 39.7 Å². The normalized spacial score (nSPS) is 11.7. The van der Waals surface area contributed by atoms with Crippen molar-refractivity contribution in [2.75, 3.05) is 7.11 Å². The van der Waals surface area contributed by atoms with Gasteiger partial charge in [-0.2, -0.15) is 0 Å². The van der Waals surface area contributed by atoms with Crippen LogP contribution in [-0.4, -0.2) is 36.0 Å². The van der Waals surface area contributed by atoms with Gasteiger partial charge < -0.3 is 14.2 Å². The van der Waals surface area contributed by atoms with Crippen LogP contribution in [0.1, 0.15) is 35.5 Å². The molecular formula is C23H21ClF3NO5. The zero-order valence-corrected chi connectivity index (χ0v) is 19.0. The lowest BCUT2D eigenvalue weighted by Gasteiger charge is -2.11. The number of fused-ring (bicyclic) bond motifs is 1. The molecule has 0 aliphatic carbocycles. The van der Waals surface area contributed by atoms with Crippen molar-refractivity contribution in [3.8, 4) is 11.5 Å². The molecule has 3 aromatic rings. The third kappa shape index (κ3) is 5.42. The van der Waals surface area contributed by atoms with E-state index in [0.29, 0.717) is 27.9 Å². The lowest BCUT2D eigenvalue weighted by molar-refractivity contribution is -0.274. The van der Waals surface area contributed by atoms with E-state index in [9.17, 15) is 22.8 Å². The molecule has 0 radical (unpaired) electrons. The van der Waals surface area contributed by atoms with E-state index in [4.69, 9.17) is 21.1 Å². The Morgan fingerprint density at radius 1 is 1.12 bits per heavy atom. The summed E-state index contributed by atoms with van der Waals surface area (Å²) in [5.41, 5.74) is 1.56. The number of aromatic nitrogens is 1. The molecule has 3 rings (SSSR count). The number of hydrogen-bond acceptors (Lipinski definition) is 5. The molecule has 0 aliphatic heterocycles. The van der Waals surface area contributed by atoms with Gasteiger partial charge in [-0.3, -0.25) is 14.2 Å². The second-order valence-electron chi connectivity index (χ2n) is 7.50. The Bertz CT molecular complexity index is 1200. The van der Waals surface area contributed by atoms with Gasteiger partial charge in [0.1, 0.15) is 11.5 Å². The van der Waals surface area contributed by atoms with Crippen molar-refractivity contribution >= 4 is 34.4 Å². The summed E-state index contributed by atoms with van der Waals surface area (Å²) in [7, 11) is 1.44. The molecule has 1 heterocycles. The van der Waals surface area contributed by atoms with Gasteiger partial charge in [0.25, 0.3) is 5.91 Å². The largest absolute Gasteiger partial charge is 0.573 e. The number of methoxy groups -OCH3 is 1. The number of nitrogens with zero attached hydrogens (tertiary/aromatic N) is 1. The Kier molecular flexibility index (Phi) is 6.92. The first-order valence-corrected chi connectivity index (χ1v) is 10.3. The molecular weight excluding hydrogens is 463 g/mol. The summed E-state index contributed by atoms with van der Waals surface area (Å²) in [5.74, 6) is -1.07. The first-order chi connectivity index (χ1) is 15.4. The molecule has 0 N–H and O–H groups in total. The highest BCUT2D eigenvalue weighted by molar-refractivity contribution is 6.33. The number of hydrogen-bond donors (Lipinski definition) is 0. The first kappa shape index (κ1) is 24.4. The van der Waals surface area contributed by atoms with Gasteiger partial charge >= 0.3 is 12.3 Å². The van der Waals surface area contributed by atoms with Crippen LogP contribution in [-0.2, 0) is 16.0 Å². The number of carbonyl (C=O) groups is 2. The third-order valence-corrected chi connectivity index (χ3v) is 5.13. The Morgan fingerprint density at radius 3 is 2.30 bits per heavy atom. The highest BCUT2D eigenvalue weighted by Crippen LogP contribution is 2.36. The van der Waals surface area contributed by atoms with Crippen molar-refractivity contribution in [1.29, 1.82) is 0 Å². The summed E-state index contributed by atoms with van der Waals surface area (Å²) in [6, 6.07) is 7.74. The number of halogens is 4. The average Bonchev–Trinajstić information content (AvgIpc) is 2.96. The molecule has 1 aromatic heterocycles. The van der Waals surface area contributed by atoms with E-state index < -0.39 is 24.0 Å². The van der Waals surface area contributed by atoms with Crippen LogP contribution in [0.4, 0.5) is 13.2 Å². The lowest BCUT2D eigenvalue weighted by atomic mass is 10.1. The summed E-state index contributed by atoms with van der Waals surface area (Å²) in [6.07, 6.45) is -5.24. The zero-order chi connectivity index (χ0) is 24.5. The van der Waals surface area contributed by atoms with E-state index >= 15 is 0 Å². The van der Waals surface area contributed by atoms with E-state index in [1.165, 1.54) is 23.8 Å². The van der Waals surface area contributed by atoms with Gasteiger partial charge in [0.2, 0.25) is 0 Å². The van der Waals surface area contributed by atoms with Crippen LogP contribution in [0.3, 0.4) is 0 Å². The highest BCUT2D eigenvalue weighted by atomic mass is 35.5. The molecule has 33 heavy (non-hydrogen) atoms. The summed E-state index contributed by atoms with van der Waals surface area (Å²) in [6.45, 7) is 5.12. The minimum absolute atomic E-state index is 0.0933. The van der Waals surface area contributed by atoms with Crippen molar-refractivity contribution in [2.24, 2.45) is 0 Å². The average molecular weight is 484 g/mol. The monoisotopic (exact) mass is 483 g/mol. The number of alkyl halides is 3. The predicted molar refractivity (Wildman–Crippen MR) is 116 cm³/mol. The fourth-order valence-corrected chi connectivity index (χ4v) is 3.73. The van der Waals surface area contributed by atoms with Crippen LogP contribution >= 0.6 is 11.6 Å². The predicted octanol–water partition coefficient (Wildman–Crippen LogP) is 5.69. The van der Waals surface area contributed by atoms with Gasteiger partial charge in [0.05, 0.1) is 30.2 Å². The van der Waals surface area contributed by atoms with Crippen LogP contribution in [0, 0.1) is 6.92 Å². The molecule has 0 unspecified atom stereocenters. The van der Waals surface area contributed by atoms with E-state index in [1.54, 1.807) is 32.9 Å². The molecule has 0 atom stereocenters. The lowest BCUT2D eigenvalue weighted by Crippen LogP contribution is -2.18. The van der Waals surface area contributed by atoms with Gasteiger partial charge in [-0.1, -0.05) is 11.6 Å². The summed E-state index contributed by atoms with van der Waals surface area (Å²) >= 11 is 6.28. The van der Waals surface area contributed by atoms with Crippen LogP contribution in [0.15, 0.2) is 36.4 Å². The molecule has 0 spiro atoms. The van der Waals surface area contributed by atoms with Crippen molar-refractivity contribution in [3.63, 3.8) is 0 Å². The van der Waals surface area contributed by atoms with Crippen LogP contribution in [0.25, 0.3) is 10.9 Å². The standard InChI is InChI=1S/C23H21ClF3NO5/c1-12(2)32-21(29)10-16-13(3)28(19-11-18(24)20(31-4)9-17(16)19)22(30)14-5-7-15(8-6-14)33-23(25,26)27/h5-9,11-12H,10H2,1-4H3. The number of ether oxygens (including phenoxy) is 3. The molecule has 0 amide bonds. The molecule has 0 bridgehead atoms.